The van der Waals surface area contributed by atoms with Crippen LogP contribution in [0.2, 0.25) is 0 Å². The summed E-state index contributed by atoms with van der Waals surface area (Å²) in [5.74, 6) is -0.177. The average molecular weight is 315 g/mol. The van der Waals surface area contributed by atoms with E-state index in [1.165, 1.54) is 0 Å². The Morgan fingerprint density at radius 1 is 1.04 bits per heavy atom. The van der Waals surface area contributed by atoms with Gasteiger partial charge in [0.15, 0.2) is 0 Å². The minimum Gasteiger partial charge on any atom is -0.322 e. The Hall–Kier alpha value is -3.54. The molecule has 2 aromatic heterocycles. The lowest BCUT2D eigenvalue weighted by molar-refractivity contribution is 0.102. The van der Waals surface area contributed by atoms with Gasteiger partial charge in [-0.05, 0) is 30.3 Å². The first-order chi connectivity index (χ1) is 11.8. The van der Waals surface area contributed by atoms with Crippen LogP contribution in [0.4, 0.5) is 5.69 Å². The van der Waals surface area contributed by atoms with Crippen molar-refractivity contribution >= 4 is 22.5 Å². The van der Waals surface area contributed by atoms with Gasteiger partial charge in [-0.1, -0.05) is 12.1 Å². The first kappa shape index (κ1) is 14.1. The van der Waals surface area contributed by atoms with E-state index in [1.54, 1.807) is 36.9 Å². The number of H-pyrrole nitrogens is 1. The number of nitrogens with zero attached hydrogens (tertiary/aromatic N) is 3. The van der Waals surface area contributed by atoms with Gasteiger partial charge in [0.05, 0.1) is 23.6 Å². The van der Waals surface area contributed by atoms with E-state index in [2.05, 4.69) is 25.5 Å². The molecule has 6 nitrogen and oxygen atoms in total. The molecule has 0 bridgehead atoms. The fraction of sp³-hybridized carbons (Fsp3) is 0. The quantitative estimate of drug-likeness (QED) is 0.608. The van der Waals surface area contributed by atoms with E-state index in [-0.39, 0.29) is 5.91 Å². The van der Waals surface area contributed by atoms with Gasteiger partial charge in [0.2, 0.25) is 0 Å². The third-order valence-electron chi connectivity index (χ3n) is 3.68. The Balaban J connectivity index is 1.60. The molecule has 4 aromatic rings. The molecule has 1 amide bonds. The van der Waals surface area contributed by atoms with Gasteiger partial charge in [0.25, 0.3) is 5.91 Å². The van der Waals surface area contributed by atoms with E-state index < -0.39 is 0 Å². The highest BCUT2D eigenvalue weighted by Gasteiger charge is 2.09. The Bertz CT molecular complexity index is 1010. The molecule has 4 rings (SSSR count). The van der Waals surface area contributed by atoms with E-state index in [1.807, 2.05) is 30.3 Å². The predicted molar refractivity (Wildman–Crippen MR) is 91.5 cm³/mol. The Labute approximate surface area is 137 Å². The minimum atomic E-state index is -0.177. The fourth-order valence-electron chi connectivity index (χ4n) is 2.49. The zero-order valence-electron chi connectivity index (χ0n) is 12.6. The van der Waals surface area contributed by atoms with Crippen molar-refractivity contribution in [3.63, 3.8) is 0 Å². The first-order valence-electron chi connectivity index (χ1n) is 7.40. The number of aromatic amines is 1. The smallest absolute Gasteiger partial charge is 0.255 e. The predicted octanol–water partition coefficient (Wildman–Crippen LogP) is 3.27. The van der Waals surface area contributed by atoms with Crippen molar-refractivity contribution in [2.75, 3.05) is 5.32 Å². The fourth-order valence-corrected chi connectivity index (χ4v) is 2.49. The Kier molecular flexibility index (Phi) is 3.47. The molecule has 0 spiro atoms. The van der Waals surface area contributed by atoms with E-state index in [0.717, 1.165) is 27.8 Å². The molecule has 0 fully saturated rings. The number of amides is 1. The standard InChI is InChI=1S/C18H13N5O/c24-18(22-15-4-5-16-14(9-15)10-21-23-16)13-3-1-2-12(8-13)17-11-19-6-7-20-17/h1-11H,(H,21,23)(H,22,24). The molecule has 6 heteroatoms. The van der Waals surface area contributed by atoms with Crippen molar-refractivity contribution in [3.8, 4) is 11.3 Å². The van der Waals surface area contributed by atoms with Crippen LogP contribution in [0, 0.1) is 0 Å². The molecular formula is C18H13N5O. The van der Waals surface area contributed by atoms with Crippen LogP contribution in [-0.4, -0.2) is 26.1 Å². The molecule has 0 aliphatic carbocycles. The lowest BCUT2D eigenvalue weighted by atomic mass is 10.1. The number of rotatable bonds is 3. The highest BCUT2D eigenvalue weighted by Crippen LogP contribution is 2.20. The average Bonchev–Trinajstić information content (AvgIpc) is 3.10. The van der Waals surface area contributed by atoms with Crippen molar-refractivity contribution in [1.82, 2.24) is 20.2 Å². The number of aromatic nitrogens is 4. The summed E-state index contributed by atoms with van der Waals surface area (Å²) >= 11 is 0. The van der Waals surface area contributed by atoms with Gasteiger partial charge in [0, 0.05) is 34.6 Å². The van der Waals surface area contributed by atoms with E-state index in [4.69, 9.17) is 0 Å². The van der Waals surface area contributed by atoms with E-state index >= 15 is 0 Å². The zero-order chi connectivity index (χ0) is 16.4. The summed E-state index contributed by atoms with van der Waals surface area (Å²) in [4.78, 5) is 20.8. The molecule has 0 radical (unpaired) electrons. The molecule has 0 aliphatic heterocycles. The lowest BCUT2D eigenvalue weighted by Gasteiger charge is -2.07. The third kappa shape index (κ3) is 2.72. The molecule has 0 unspecified atom stereocenters. The van der Waals surface area contributed by atoms with Crippen molar-refractivity contribution in [2.24, 2.45) is 0 Å². The van der Waals surface area contributed by atoms with E-state index in [0.29, 0.717) is 5.56 Å². The van der Waals surface area contributed by atoms with Crippen LogP contribution in [0.3, 0.4) is 0 Å². The molecule has 2 N–H and O–H groups in total. The molecule has 116 valence electrons. The monoisotopic (exact) mass is 315 g/mol. The number of hydrogen-bond acceptors (Lipinski definition) is 4. The molecular weight excluding hydrogens is 302 g/mol. The molecule has 0 aliphatic rings. The molecule has 0 saturated carbocycles. The van der Waals surface area contributed by atoms with Crippen molar-refractivity contribution in [1.29, 1.82) is 0 Å². The van der Waals surface area contributed by atoms with Crippen molar-refractivity contribution in [2.45, 2.75) is 0 Å². The number of anilines is 1. The largest absolute Gasteiger partial charge is 0.322 e. The number of fused-ring (bicyclic) bond motifs is 1. The van der Waals surface area contributed by atoms with Crippen LogP contribution >= 0.6 is 0 Å². The van der Waals surface area contributed by atoms with Gasteiger partial charge in [-0.2, -0.15) is 5.10 Å². The van der Waals surface area contributed by atoms with Gasteiger partial charge in [-0.15, -0.1) is 0 Å². The SMILES string of the molecule is O=C(Nc1ccc2[nH]ncc2c1)c1cccc(-c2cnccn2)c1. The summed E-state index contributed by atoms with van der Waals surface area (Å²) < 4.78 is 0. The van der Waals surface area contributed by atoms with Crippen LogP contribution in [0.15, 0.2) is 67.3 Å². The van der Waals surface area contributed by atoms with Gasteiger partial charge >= 0.3 is 0 Å². The van der Waals surface area contributed by atoms with Gasteiger partial charge < -0.3 is 5.32 Å². The maximum Gasteiger partial charge on any atom is 0.255 e. The Morgan fingerprint density at radius 3 is 2.88 bits per heavy atom. The summed E-state index contributed by atoms with van der Waals surface area (Å²) in [5.41, 5.74) is 3.79. The van der Waals surface area contributed by atoms with Crippen molar-refractivity contribution in [3.05, 3.63) is 72.8 Å². The van der Waals surface area contributed by atoms with Gasteiger partial charge in [-0.25, -0.2) is 0 Å². The highest BCUT2D eigenvalue weighted by molar-refractivity contribution is 6.05. The Morgan fingerprint density at radius 2 is 2.00 bits per heavy atom. The molecule has 0 atom stereocenters. The van der Waals surface area contributed by atoms with Crippen LogP contribution in [0.1, 0.15) is 10.4 Å². The normalized spacial score (nSPS) is 10.7. The second-order valence-corrected chi connectivity index (χ2v) is 5.30. The summed E-state index contributed by atoms with van der Waals surface area (Å²) in [6.45, 7) is 0. The highest BCUT2D eigenvalue weighted by atomic mass is 16.1. The topological polar surface area (TPSA) is 83.6 Å². The summed E-state index contributed by atoms with van der Waals surface area (Å²) in [7, 11) is 0. The van der Waals surface area contributed by atoms with Gasteiger partial charge in [-0.3, -0.25) is 19.9 Å². The molecule has 0 saturated heterocycles. The maximum atomic E-state index is 12.5. The summed E-state index contributed by atoms with van der Waals surface area (Å²) in [6, 6.07) is 12.9. The maximum absolute atomic E-state index is 12.5. The van der Waals surface area contributed by atoms with Crippen LogP contribution in [-0.2, 0) is 0 Å². The van der Waals surface area contributed by atoms with Crippen LogP contribution < -0.4 is 5.32 Å². The third-order valence-corrected chi connectivity index (χ3v) is 3.68. The summed E-state index contributed by atoms with van der Waals surface area (Å²) in [5, 5.41) is 10.7. The second-order valence-electron chi connectivity index (χ2n) is 5.30. The van der Waals surface area contributed by atoms with Crippen LogP contribution in [0.5, 0.6) is 0 Å². The summed E-state index contributed by atoms with van der Waals surface area (Å²) in [6.07, 6.45) is 6.64. The molecule has 24 heavy (non-hydrogen) atoms. The second kappa shape index (κ2) is 5.92. The molecule has 2 aromatic carbocycles. The minimum absolute atomic E-state index is 0.177. The molecule has 2 heterocycles. The van der Waals surface area contributed by atoms with Crippen LogP contribution in [0.25, 0.3) is 22.2 Å². The number of carbonyl (C=O) groups is 1. The van der Waals surface area contributed by atoms with E-state index in [9.17, 15) is 4.79 Å². The first-order valence-corrected chi connectivity index (χ1v) is 7.40. The number of carbonyl (C=O) groups excluding carboxylic acids is 1. The lowest BCUT2D eigenvalue weighted by Crippen LogP contribution is -2.11. The zero-order valence-corrected chi connectivity index (χ0v) is 12.6. The number of nitrogens with one attached hydrogen (secondary N) is 2. The number of benzene rings is 2. The number of hydrogen-bond donors (Lipinski definition) is 2. The van der Waals surface area contributed by atoms with Gasteiger partial charge in [0.1, 0.15) is 0 Å². The van der Waals surface area contributed by atoms with Crippen molar-refractivity contribution < 1.29 is 4.79 Å².